The van der Waals surface area contributed by atoms with Crippen molar-refractivity contribution in [1.82, 2.24) is 9.97 Å². The highest BCUT2D eigenvalue weighted by Crippen LogP contribution is 2.20. The molecule has 1 fully saturated rings. The lowest BCUT2D eigenvalue weighted by Crippen LogP contribution is -2.27. The van der Waals surface area contributed by atoms with Gasteiger partial charge in [-0.25, -0.2) is 4.98 Å². The van der Waals surface area contributed by atoms with Gasteiger partial charge in [-0.1, -0.05) is 0 Å². The van der Waals surface area contributed by atoms with Crippen molar-refractivity contribution in [3.63, 3.8) is 0 Å². The van der Waals surface area contributed by atoms with Gasteiger partial charge in [0.2, 0.25) is 5.95 Å². The second kappa shape index (κ2) is 5.18. The zero-order valence-electron chi connectivity index (χ0n) is 10.0. The molecule has 0 aliphatic carbocycles. The summed E-state index contributed by atoms with van der Waals surface area (Å²) in [6, 6.07) is 1.37. The minimum atomic E-state index is -0.812. The van der Waals surface area contributed by atoms with E-state index in [2.05, 4.69) is 9.97 Å². The number of carboxylic acids is 1. The largest absolute Gasteiger partial charge is 0.481 e. The fraction of sp³-hybridized carbons (Fsp3) is 0.545. The van der Waals surface area contributed by atoms with Crippen molar-refractivity contribution < 1.29 is 14.6 Å². The SMILES string of the molecule is COCc1cc(=O)[nH]c(N2CC[C@@H](C(=O)O)C2)n1. The zero-order chi connectivity index (χ0) is 13.1. The standard InChI is InChI=1S/C11H15N3O4/c1-18-6-8-4-9(15)13-11(12-8)14-3-2-7(5-14)10(16)17/h4,7H,2-3,5-6H2,1H3,(H,16,17)(H,12,13,15)/t7-/m1/s1. The number of anilines is 1. The smallest absolute Gasteiger partial charge is 0.308 e. The Morgan fingerprint density at radius 3 is 3.11 bits per heavy atom. The summed E-state index contributed by atoms with van der Waals surface area (Å²) < 4.78 is 4.93. The molecule has 0 radical (unpaired) electrons. The van der Waals surface area contributed by atoms with E-state index in [9.17, 15) is 9.59 Å². The number of aromatic nitrogens is 2. The highest BCUT2D eigenvalue weighted by atomic mass is 16.5. The molecule has 18 heavy (non-hydrogen) atoms. The van der Waals surface area contributed by atoms with E-state index in [0.29, 0.717) is 31.2 Å². The van der Waals surface area contributed by atoms with Crippen molar-refractivity contribution in [2.24, 2.45) is 5.92 Å². The van der Waals surface area contributed by atoms with Gasteiger partial charge in [0.1, 0.15) is 0 Å². The number of rotatable bonds is 4. The molecule has 0 amide bonds. The number of aliphatic carboxylic acids is 1. The predicted molar refractivity (Wildman–Crippen MR) is 63.5 cm³/mol. The number of hydrogen-bond acceptors (Lipinski definition) is 5. The lowest BCUT2D eigenvalue weighted by atomic mass is 10.1. The maximum atomic E-state index is 11.5. The van der Waals surface area contributed by atoms with Gasteiger partial charge >= 0.3 is 5.97 Å². The van der Waals surface area contributed by atoms with Crippen molar-refractivity contribution in [3.8, 4) is 0 Å². The molecular formula is C11H15N3O4. The molecule has 98 valence electrons. The van der Waals surface area contributed by atoms with Crippen LogP contribution in [0, 0.1) is 5.92 Å². The number of H-pyrrole nitrogens is 1. The van der Waals surface area contributed by atoms with Gasteiger partial charge in [0.25, 0.3) is 5.56 Å². The van der Waals surface area contributed by atoms with Gasteiger partial charge in [-0.3, -0.25) is 14.6 Å². The summed E-state index contributed by atoms with van der Waals surface area (Å²) in [6.45, 7) is 1.21. The molecule has 0 saturated carbocycles. The van der Waals surface area contributed by atoms with E-state index in [1.807, 2.05) is 0 Å². The molecular weight excluding hydrogens is 238 g/mol. The van der Waals surface area contributed by atoms with Gasteiger partial charge in [-0.2, -0.15) is 0 Å². The van der Waals surface area contributed by atoms with Gasteiger partial charge in [0.05, 0.1) is 18.2 Å². The molecule has 1 aromatic rings. The number of aromatic amines is 1. The Morgan fingerprint density at radius 2 is 2.50 bits per heavy atom. The summed E-state index contributed by atoms with van der Waals surface area (Å²) in [5.41, 5.74) is 0.279. The van der Waals surface area contributed by atoms with E-state index in [4.69, 9.17) is 9.84 Å². The molecule has 0 bridgehead atoms. The summed E-state index contributed by atoms with van der Waals surface area (Å²) in [5, 5.41) is 8.93. The van der Waals surface area contributed by atoms with Crippen LogP contribution in [-0.4, -0.2) is 41.2 Å². The van der Waals surface area contributed by atoms with Gasteiger partial charge in [0.15, 0.2) is 0 Å². The number of carboxylic acid groups (broad SMARTS) is 1. The van der Waals surface area contributed by atoms with Crippen LogP contribution in [0.25, 0.3) is 0 Å². The van der Waals surface area contributed by atoms with Crippen molar-refractivity contribution in [2.45, 2.75) is 13.0 Å². The lowest BCUT2D eigenvalue weighted by Gasteiger charge is -2.16. The average Bonchev–Trinajstić information content (AvgIpc) is 2.78. The van der Waals surface area contributed by atoms with Crippen molar-refractivity contribution in [2.75, 3.05) is 25.1 Å². The van der Waals surface area contributed by atoms with Gasteiger partial charge in [-0.15, -0.1) is 0 Å². The third kappa shape index (κ3) is 2.67. The quantitative estimate of drug-likeness (QED) is 0.773. The third-order valence-electron chi connectivity index (χ3n) is 2.91. The van der Waals surface area contributed by atoms with Crippen LogP contribution in [0.3, 0.4) is 0 Å². The second-order valence-electron chi connectivity index (χ2n) is 4.26. The second-order valence-corrected chi connectivity index (χ2v) is 4.26. The molecule has 1 saturated heterocycles. The number of methoxy groups -OCH3 is 1. The fourth-order valence-corrected chi connectivity index (χ4v) is 2.02. The molecule has 0 unspecified atom stereocenters. The third-order valence-corrected chi connectivity index (χ3v) is 2.91. The van der Waals surface area contributed by atoms with Crippen LogP contribution in [-0.2, 0) is 16.1 Å². The first-order chi connectivity index (χ1) is 8.60. The van der Waals surface area contributed by atoms with Crippen LogP contribution in [0.1, 0.15) is 12.1 Å². The van der Waals surface area contributed by atoms with Crippen molar-refractivity contribution >= 4 is 11.9 Å². The Balaban J connectivity index is 2.19. The average molecular weight is 253 g/mol. The molecule has 7 nitrogen and oxygen atoms in total. The van der Waals surface area contributed by atoms with Crippen LogP contribution in [0.2, 0.25) is 0 Å². The highest BCUT2D eigenvalue weighted by molar-refractivity contribution is 5.71. The topological polar surface area (TPSA) is 95.5 Å². The molecule has 7 heteroatoms. The van der Waals surface area contributed by atoms with Gasteiger partial charge in [-0.05, 0) is 6.42 Å². The summed E-state index contributed by atoms with van der Waals surface area (Å²) in [5.74, 6) is -0.799. The number of nitrogens with one attached hydrogen (secondary N) is 1. The number of nitrogens with zero attached hydrogens (tertiary/aromatic N) is 2. The Kier molecular flexibility index (Phi) is 3.61. The first kappa shape index (κ1) is 12.6. The zero-order valence-corrected chi connectivity index (χ0v) is 10.0. The first-order valence-electron chi connectivity index (χ1n) is 5.67. The normalized spacial score (nSPS) is 19.2. The van der Waals surface area contributed by atoms with Crippen molar-refractivity contribution in [1.29, 1.82) is 0 Å². The van der Waals surface area contributed by atoms with Gasteiger partial charge in [0, 0.05) is 26.3 Å². The molecule has 2 heterocycles. The summed E-state index contributed by atoms with van der Waals surface area (Å²) >= 11 is 0. The molecule has 0 spiro atoms. The maximum absolute atomic E-state index is 11.5. The molecule has 1 aliphatic rings. The van der Waals surface area contributed by atoms with E-state index in [1.165, 1.54) is 13.2 Å². The molecule has 1 aromatic heterocycles. The van der Waals surface area contributed by atoms with Crippen molar-refractivity contribution in [3.05, 3.63) is 22.1 Å². The van der Waals surface area contributed by atoms with Crippen LogP contribution in [0.5, 0.6) is 0 Å². The van der Waals surface area contributed by atoms with Crippen LogP contribution in [0.4, 0.5) is 5.95 Å². The fourth-order valence-electron chi connectivity index (χ4n) is 2.02. The Labute approximate surface area is 103 Å². The molecule has 1 aliphatic heterocycles. The van der Waals surface area contributed by atoms with E-state index in [-0.39, 0.29) is 12.2 Å². The summed E-state index contributed by atoms with van der Waals surface area (Å²) in [6.07, 6.45) is 0.563. The van der Waals surface area contributed by atoms with E-state index >= 15 is 0 Å². The van der Waals surface area contributed by atoms with Crippen LogP contribution >= 0.6 is 0 Å². The minimum Gasteiger partial charge on any atom is -0.481 e. The number of hydrogen-bond donors (Lipinski definition) is 2. The monoisotopic (exact) mass is 253 g/mol. The van der Waals surface area contributed by atoms with Crippen LogP contribution in [0.15, 0.2) is 10.9 Å². The van der Waals surface area contributed by atoms with E-state index < -0.39 is 11.9 Å². The van der Waals surface area contributed by atoms with E-state index in [1.54, 1.807) is 4.90 Å². The molecule has 1 atom stereocenters. The molecule has 0 aromatic carbocycles. The first-order valence-corrected chi connectivity index (χ1v) is 5.67. The summed E-state index contributed by atoms with van der Waals surface area (Å²) in [4.78, 5) is 31.0. The number of ether oxygens (including phenoxy) is 1. The van der Waals surface area contributed by atoms with E-state index in [0.717, 1.165) is 0 Å². The summed E-state index contributed by atoms with van der Waals surface area (Å²) in [7, 11) is 1.53. The molecule has 2 N–H and O–H groups in total. The van der Waals surface area contributed by atoms with Gasteiger partial charge < -0.3 is 14.7 Å². The maximum Gasteiger partial charge on any atom is 0.308 e. The Morgan fingerprint density at radius 1 is 1.72 bits per heavy atom. The Hall–Kier alpha value is -1.89. The molecule has 2 rings (SSSR count). The highest BCUT2D eigenvalue weighted by Gasteiger charge is 2.29. The Bertz CT molecular complexity index is 499. The van der Waals surface area contributed by atoms with Crippen LogP contribution < -0.4 is 10.5 Å². The lowest BCUT2D eigenvalue weighted by molar-refractivity contribution is -0.140. The predicted octanol–water partition coefficient (Wildman–Crippen LogP) is -0.173. The number of carbonyl (C=O) groups is 1. The minimum absolute atomic E-state index is 0.257.